The molecule has 1 aromatic heterocycles. The summed E-state index contributed by atoms with van der Waals surface area (Å²) in [6, 6.07) is 6.83. The maximum Gasteiger partial charge on any atom is 0.250 e. The summed E-state index contributed by atoms with van der Waals surface area (Å²) in [4.78, 5) is 19.7. The molecule has 2 aliphatic rings. The van der Waals surface area contributed by atoms with E-state index in [1.165, 1.54) is 0 Å². The van der Waals surface area contributed by atoms with Gasteiger partial charge in [-0.1, -0.05) is 6.07 Å². The molecule has 0 aliphatic carbocycles. The lowest BCUT2D eigenvalue weighted by Gasteiger charge is -2.48. The minimum Gasteiger partial charge on any atom is -0.495 e. The van der Waals surface area contributed by atoms with E-state index >= 15 is 0 Å². The molecule has 1 amide bonds. The van der Waals surface area contributed by atoms with Crippen molar-refractivity contribution in [2.24, 2.45) is 0 Å². The molecule has 0 N–H and O–H groups in total. The fraction of sp³-hybridized carbons (Fsp3) is 0.357. The quantitative estimate of drug-likeness (QED) is 0.334. The molecule has 2 aromatic carbocycles. The first-order valence-electron chi connectivity index (χ1n) is 12.2. The topological polar surface area (TPSA) is 56.6 Å². The number of carbonyl (C=O) groups is 1. The summed E-state index contributed by atoms with van der Waals surface area (Å²) < 4.78 is 54.9. The van der Waals surface area contributed by atoms with Gasteiger partial charge in [0, 0.05) is 24.9 Å². The van der Waals surface area contributed by atoms with Crippen molar-refractivity contribution in [3.63, 3.8) is 0 Å². The molecule has 0 saturated carbocycles. The third kappa shape index (κ3) is 4.75. The highest BCUT2D eigenvalue weighted by molar-refractivity contribution is 5.99. The summed E-state index contributed by atoms with van der Waals surface area (Å²) >= 11 is 0. The standard InChI is InChI=1S/C28H28F3N3O3/c1-16-14-33(15-32-16)24-7-4-17(9-26(24)37-3)8-18-5-6-20-12-21(36-2)13-25(34(20)28(18)35)19-10-22(29)27(31)23(30)11-19/h4,7-11,14-15,20-21,25H,5-6,12-13H2,1-3H3/t20-,21-,25+/m1/s1. The lowest BCUT2D eigenvalue weighted by molar-refractivity contribution is -0.140. The summed E-state index contributed by atoms with van der Waals surface area (Å²) in [5.41, 5.74) is 3.31. The Kier molecular flexibility index (Phi) is 6.81. The predicted molar refractivity (Wildman–Crippen MR) is 132 cm³/mol. The maximum absolute atomic E-state index is 14.1. The van der Waals surface area contributed by atoms with Crippen LogP contribution in [-0.2, 0) is 9.53 Å². The summed E-state index contributed by atoms with van der Waals surface area (Å²) in [5.74, 6) is -3.63. The van der Waals surface area contributed by atoms with E-state index in [1.807, 2.05) is 42.0 Å². The van der Waals surface area contributed by atoms with Crippen molar-refractivity contribution in [1.29, 1.82) is 0 Å². The molecule has 3 heterocycles. The molecular weight excluding hydrogens is 483 g/mol. The van der Waals surface area contributed by atoms with Crippen LogP contribution in [-0.4, -0.2) is 46.7 Å². The number of halogens is 3. The van der Waals surface area contributed by atoms with E-state index < -0.39 is 23.5 Å². The number of fused-ring (bicyclic) bond motifs is 1. The second-order valence-electron chi connectivity index (χ2n) is 9.57. The van der Waals surface area contributed by atoms with Gasteiger partial charge in [0.25, 0.3) is 5.91 Å². The molecule has 0 unspecified atom stereocenters. The SMILES string of the molecule is COc1cc(C=C2CC[C@@H]3C[C@@H](OC)C[C@@H](c4cc(F)c(F)c(F)c4)N3C2=O)ccc1-n1cnc(C)c1. The highest BCUT2D eigenvalue weighted by Gasteiger charge is 2.43. The molecule has 0 radical (unpaired) electrons. The Bertz CT molecular complexity index is 1350. The Hall–Kier alpha value is -3.59. The number of aryl methyl sites for hydroxylation is 1. The molecule has 0 spiro atoms. The number of benzene rings is 2. The molecule has 194 valence electrons. The number of carbonyl (C=O) groups excluding carboxylic acids is 1. The van der Waals surface area contributed by atoms with Gasteiger partial charge in [-0.15, -0.1) is 0 Å². The van der Waals surface area contributed by atoms with Crippen molar-refractivity contribution >= 4 is 12.0 Å². The van der Waals surface area contributed by atoms with Crippen molar-refractivity contribution in [2.45, 2.75) is 50.8 Å². The van der Waals surface area contributed by atoms with Gasteiger partial charge in [0.2, 0.25) is 0 Å². The number of nitrogens with zero attached hydrogens (tertiary/aromatic N) is 3. The fourth-order valence-corrected chi connectivity index (χ4v) is 5.43. The summed E-state index contributed by atoms with van der Waals surface area (Å²) in [5, 5.41) is 0. The first-order chi connectivity index (χ1) is 17.8. The monoisotopic (exact) mass is 511 g/mol. The first kappa shape index (κ1) is 25.1. The van der Waals surface area contributed by atoms with E-state index in [0.717, 1.165) is 29.1 Å². The molecular formula is C28H28F3N3O3. The molecule has 2 saturated heterocycles. The Morgan fingerprint density at radius 1 is 1.08 bits per heavy atom. The van der Waals surface area contributed by atoms with Crippen LogP contribution in [0.1, 0.15) is 48.5 Å². The van der Waals surface area contributed by atoms with Crippen LogP contribution in [0.15, 0.2) is 48.4 Å². The van der Waals surface area contributed by atoms with Crippen LogP contribution in [0, 0.1) is 24.4 Å². The predicted octanol–water partition coefficient (Wildman–Crippen LogP) is 5.53. The van der Waals surface area contributed by atoms with Crippen LogP contribution in [0.25, 0.3) is 11.8 Å². The van der Waals surface area contributed by atoms with Crippen LogP contribution in [0.4, 0.5) is 13.2 Å². The highest BCUT2D eigenvalue weighted by atomic mass is 19.2. The van der Waals surface area contributed by atoms with Crippen LogP contribution >= 0.6 is 0 Å². The summed E-state index contributed by atoms with van der Waals surface area (Å²) in [7, 11) is 3.17. The average Bonchev–Trinajstić information content (AvgIpc) is 3.33. The van der Waals surface area contributed by atoms with Crippen LogP contribution < -0.4 is 4.74 Å². The molecule has 9 heteroatoms. The highest BCUT2D eigenvalue weighted by Crippen LogP contribution is 2.42. The molecule has 37 heavy (non-hydrogen) atoms. The van der Waals surface area contributed by atoms with Gasteiger partial charge in [-0.25, -0.2) is 18.2 Å². The Balaban J connectivity index is 1.48. The lowest BCUT2D eigenvalue weighted by Crippen LogP contribution is -2.52. The second-order valence-corrected chi connectivity index (χ2v) is 9.57. The Morgan fingerprint density at radius 3 is 2.49 bits per heavy atom. The summed E-state index contributed by atoms with van der Waals surface area (Å²) in [6.07, 6.45) is 7.49. The zero-order chi connectivity index (χ0) is 26.3. The van der Waals surface area contributed by atoms with Gasteiger partial charge in [0.1, 0.15) is 5.75 Å². The van der Waals surface area contributed by atoms with Gasteiger partial charge < -0.3 is 18.9 Å². The smallest absolute Gasteiger partial charge is 0.250 e. The number of hydrogen-bond donors (Lipinski definition) is 0. The van der Waals surface area contributed by atoms with Gasteiger partial charge >= 0.3 is 0 Å². The van der Waals surface area contributed by atoms with Gasteiger partial charge in [0.15, 0.2) is 17.5 Å². The number of aromatic nitrogens is 2. The van der Waals surface area contributed by atoms with Gasteiger partial charge in [-0.2, -0.15) is 0 Å². The Morgan fingerprint density at radius 2 is 1.84 bits per heavy atom. The minimum absolute atomic E-state index is 0.147. The van der Waals surface area contributed by atoms with Crippen molar-refractivity contribution < 1.29 is 27.4 Å². The largest absolute Gasteiger partial charge is 0.495 e. The lowest BCUT2D eigenvalue weighted by atomic mass is 9.82. The van der Waals surface area contributed by atoms with Crippen molar-refractivity contribution in [3.8, 4) is 11.4 Å². The zero-order valence-electron chi connectivity index (χ0n) is 20.9. The van der Waals surface area contributed by atoms with Gasteiger partial charge in [-0.05, 0) is 74.1 Å². The van der Waals surface area contributed by atoms with Crippen LogP contribution in [0.5, 0.6) is 5.75 Å². The molecule has 2 aliphatic heterocycles. The van der Waals surface area contributed by atoms with Crippen molar-refractivity contribution in [2.75, 3.05) is 14.2 Å². The minimum atomic E-state index is -1.52. The molecule has 3 atom stereocenters. The van der Waals surface area contributed by atoms with E-state index in [0.29, 0.717) is 37.0 Å². The Labute approximate surface area is 213 Å². The average molecular weight is 512 g/mol. The number of rotatable bonds is 5. The number of ether oxygens (including phenoxy) is 2. The number of imidazole rings is 1. The van der Waals surface area contributed by atoms with E-state index in [4.69, 9.17) is 9.47 Å². The van der Waals surface area contributed by atoms with Crippen molar-refractivity contribution in [3.05, 3.63) is 82.7 Å². The number of methoxy groups -OCH3 is 2. The van der Waals surface area contributed by atoms with Crippen LogP contribution in [0.3, 0.4) is 0 Å². The molecule has 3 aromatic rings. The molecule has 5 rings (SSSR count). The normalized spacial score (nSPS) is 22.9. The van der Waals surface area contributed by atoms with Gasteiger partial charge in [-0.3, -0.25) is 4.79 Å². The maximum atomic E-state index is 14.1. The van der Waals surface area contributed by atoms with E-state index in [9.17, 15) is 18.0 Å². The number of amides is 1. The van der Waals surface area contributed by atoms with Crippen molar-refractivity contribution in [1.82, 2.24) is 14.5 Å². The van der Waals surface area contributed by atoms with E-state index in [1.54, 1.807) is 25.4 Å². The van der Waals surface area contributed by atoms with Crippen LogP contribution in [0.2, 0.25) is 0 Å². The molecule has 6 nitrogen and oxygen atoms in total. The van der Waals surface area contributed by atoms with E-state index in [-0.39, 0.29) is 23.6 Å². The third-order valence-corrected chi connectivity index (χ3v) is 7.27. The molecule has 2 fully saturated rings. The fourth-order valence-electron chi connectivity index (χ4n) is 5.43. The van der Waals surface area contributed by atoms with E-state index in [2.05, 4.69) is 4.98 Å². The van der Waals surface area contributed by atoms with Gasteiger partial charge in [0.05, 0.1) is 37.0 Å². The zero-order valence-corrected chi connectivity index (χ0v) is 20.9. The number of hydrogen-bond acceptors (Lipinski definition) is 4. The number of piperidine rings is 2. The third-order valence-electron chi connectivity index (χ3n) is 7.27. The summed E-state index contributed by atoms with van der Waals surface area (Å²) in [6.45, 7) is 1.90. The second kappa shape index (κ2) is 10.0. The molecule has 0 bridgehead atoms. The first-order valence-corrected chi connectivity index (χ1v) is 12.2.